The quantitative estimate of drug-likeness (QED) is 0.647. The van der Waals surface area contributed by atoms with E-state index in [1.54, 1.807) is 14.2 Å². The smallest absolute Gasteiger partial charge is 0.203 e. The molecule has 0 fully saturated rings. The highest BCUT2D eigenvalue weighted by Crippen LogP contribution is 2.39. The van der Waals surface area contributed by atoms with Gasteiger partial charge in [0.2, 0.25) is 5.75 Å². The highest BCUT2D eigenvalue weighted by Gasteiger charge is 2.12. The maximum Gasteiger partial charge on any atom is 0.203 e. The van der Waals surface area contributed by atoms with Crippen LogP contribution in [0.2, 0.25) is 0 Å². The second-order valence-electron chi connectivity index (χ2n) is 5.45. The molecule has 0 atom stereocenters. The standard InChI is InChI=1S/C21H21NO3/c1-4-25-21-19(23-2)13-15(14-20(21)24-3)9-11-17-12-10-16-7-5-6-8-18(16)22-17/h5-14H,4H2,1-3H3. The summed E-state index contributed by atoms with van der Waals surface area (Å²) in [4.78, 5) is 4.65. The second-order valence-corrected chi connectivity index (χ2v) is 5.45. The fraction of sp³-hybridized carbons (Fsp3) is 0.190. The van der Waals surface area contributed by atoms with Gasteiger partial charge >= 0.3 is 0 Å². The molecule has 0 aliphatic heterocycles. The Morgan fingerprint density at radius 3 is 2.32 bits per heavy atom. The number of aromatic nitrogens is 1. The van der Waals surface area contributed by atoms with Crippen molar-refractivity contribution in [2.24, 2.45) is 0 Å². The van der Waals surface area contributed by atoms with Crippen molar-refractivity contribution in [3.8, 4) is 17.2 Å². The van der Waals surface area contributed by atoms with E-state index in [-0.39, 0.29) is 0 Å². The van der Waals surface area contributed by atoms with E-state index in [0.717, 1.165) is 22.2 Å². The molecule has 1 aromatic heterocycles. The Bertz CT molecular complexity index is 878. The lowest BCUT2D eigenvalue weighted by molar-refractivity contribution is 0.288. The summed E-state index contributed by atoms with van der Waals surface area (Å²) in [5.74, 6) is 1.91. The molecular weight excluding hydrogens is 314 g/mol. The minimum atomic E-state index is 0.545. The average molecular weight is 335 g/mol. The van der Waals surface area contributed by atoms with Gasteiger partial charge in [0, 0.05) is 5.39 Å². The molecular formula is C21H21NO3. The van der Waals surface area contributed by atoms with Gasteiger partial charge in [-0.15, -0.1) is 0 Å². The van der Waals surface area contributed by atoms with Gasteiger partial charge in [-0.05, 0) is 42.8 Å². The van der Waals surface area contributed by atoms with Gasteiger partial charge in [0.15, 0.2) is 11.5 Å². The number of hydrogen-bond acceptors (Lipinski definition) is 4. The van der Waals surface area contributed by atoms with E-state index in [2.05, 4.69) is 17.1 Å². The molecule has 0 saturated carbocycles. The van der Waals surface area contributed by atoms with Crippen LogP contribution in [0.4, 0.5) is 0 Å². The Morgan fingerprint density at radius 2 is 1.64 bits per heavy atom. The molecule has 4 heteroatoms. The van der Waals surface area contributed by atoms with Gasteiger partial charge in [-0.2, -0.15) is 0 Å². The van der Waals surface area contributed by atoms with Crippen LogP contribution in [0.15, 0.2) is 48.5 Å². The Labute approximate surface area is 147 Å². The summed E-state index contributed by atoms with van der Waals surface area (Å²) in [5.41, 5.74) is 2.82. The number of methoxy groups -OCH3 is 2. The van der Waals surface area contributed by atoms with Crippen LogP contribution in [0.1, 0.15) is 18.2 Å². The molecule has 0 radical (unpaired) electrons. The zero-order chi connectivity index (χ0) is 17.6. The third-order valence-electron chi connectivity index (χ3n) is 3.84. The summed E-state index contributed by atoms with van der Waals surface area (Å²) < 4.78 is 16.5. The summed E-state index contributed by atoms with van der Waals surface area (Å²) in [6, 6.07) is 16.0. The number of fused-ring (bicyclic) bond motifs is 1. The first-order valence-corrected chi connectivity index (χ1v) is 8.18. The predicted molar refractivity (Wildman–Crippen MR) is 101 cm³/mol. The Balaban J connectivity index is 1.94. The zero-order valence-electron chi connectivity index (χ0n) is 14.7. The molecule has 0 saturated heterocycles. The summed E-state index contributed by atoms with van der Waals surface area (Å²) >= 11 is 0. The number of benzene rings is 2. The van der Waals surface area contributed by atoms with Crippen molar-refractivity contribution in [2.75, 3.05) is 20.8 Å². The van der Waals surface area contributed by atoms with Gasteiger partial charge < -0.3 is 14.2 Å². The van der Waals surface area contributed by atoms with Crippen LogP contribution in [0.3, 0.4) is 0 Å². The molecule has 25 heavy (non-hydrogen) atoms. The normalized spacial score (nSPS) is 11.0. The fourth-order valence-corrected chi connectivity index (χ4v) is 2.64. The van der Waals surface area contributed by atoms with Gasteiger partial charge in [-0.25, -0.2) is 4.98 Å². The lowest BCUT2D eigenvalue weighted by Crippen LogP contribution is -1.99. The van der Waals surface area contributed by atoms with Gasteiger partial charge in [0.1, 0.15) is 0 Å². The van der Waals surface area contributed by atoms with E-state index in [4.69, 9.17) is 14.2 Å². The van der Waals surface area contributed by atoms with Gasteiger partial charge in [-0.1, -0.05) is 30.3 Å². The van der Waals surface area contributed by atoms with Crippen LogP contribution in [0.5, 0.6) is 17.2 Å². The first kappa shape index (κ1) is 16.8. The van der Waals surface area contributed by atoms with Gasteiger partial charge in [0.25, 0.3) is 0 Å². The number of ether oxygens (including phenoxy) is 3. The minimum absolute atomic E-state index is 0.545. The highest BCUT2D eigenvalue weighted by atomic mass is 16.5. The Hall–Kier alpha value is -3.01. The van der Waals surface area contributed by atoms with Crippen molar-refractivity contribution in [1.29, 1.82) is 0 Å². The Morgan fingerprint density at radius 1 is 0.920 bits per heavy atom. The molecule has 4 nitrogen and oxygen atoms in total. The van der Waals surface area contributed by atoms with Crippen LogP contribution >= 0.6 is 0 Å². The topological polar surface area (TPSA) is 40.6 Å². The molecule has 0 spiro atoms. The van der Waals surface area contributed by atoms with Crippen molar-refractivity contribution in [3.63, 3.8) is 0 Å². The van der Waals surface area contributed by atoms with Crippen LogP contribution in [0, 0.1) is 0 Å². The van der Waals surface area contributed by atoms with Crippen LogP contribution < -0.4 is 14.2 Å². The Kier molecular flexibility index (Phi) is 5.19. The number of para-hydroxylation sites is 1. The molecule has 3 aromatic rings. The van der Waals surface area contributed by atoms with E-state index in [0.29, 0.717) is 23.9 Å². The number of nitrogens with zero attached hydrogens (tertiary/aromatic N) is 1. The number of hydrogen-bond donors (Lipinski definition) is 0. The average Bonchev–Trinajstić information content (AvgIpc) is 2.66. The molecule has 128 valence electrons. The van der Waals surface area contributed by atoms with E-state index in [9.17, 15) is 0 Å². The summed E-state index contributed by atoms with van der Waals surface area (Å²) in [5, 5.41) is 1.13. The molecule has 0 unspecified atom stereocenters. The van der Waals surface area contributed by atoms with Gasteiger partial charge in [0.05, 0.1) is 32.0 Å². The summed E-state index contributed by atoms with van der Waals surface area (Å²) in [6.07, 6.45) is 3.96. The lowest BCUT2D eigenvalue weighted by Gasteiger charge is -2.14. The van der Waals surface area contributed by atoms with Crippen molar-refractivity contribution < 1.29 is 14.2 Å². The first-order valence-electron chi connectivity index (χ1n) is 8.18. The lowest BCUT2D eigenvalue weighted by atomic mass is 10.1. The summed E-state index contributed by atoms with van der Waals surface area (Å²) in [6.45, 7) is 2.47. The van der Waals surface area contributed by atoms with Crippen molar-refractivity contribution in [2.45, 2.75) is 6.92 Å². The van der Waals surface area contributed by atoms with Crippen LogP contribution in [-0.4, -0.2) is 25.8 Å². The van der Waals surface area contributed by atoms with E-state index in [1.165, 1.54) is 0 Å². The molecule has 0 N–H and O–H groups in total. The fourth-order valence-electron chi connectivity index (χ4n) is 2.64. The van der Waals surface area contributed by atoms with Crippen LogP contribution in [0.25, 0.3) is 23.1 Å². The van der Waals surface area contributed by atoms with Crippen molar-refractivity contribution in [3.05, 3.63) is 59.8 Å². The summed E-state index contributed by atoms with van der Waals surface area (Å²) in [7, 11) is 3.24. The zero-order valence-corrected chi connectivity index (χ0v) is 14.7. The maximum atomic E-state index is 5.63. The van der Waals surface area contributed by atoms with Crippen LogP contribution in [-0.2, 0) is 0 Å². The molecule has 0 amide bonds. The van der Waals surface area contributed by atoms with Gasteiger partial charge in [-0.3, -0.25) is 0 Å². The van der Waals surface area contributed by atoms with Crippen molar-refractivity contribution >= 4 is 23.1 Å². The third kappa shape index (κ3) is 3.74. The molecule has 2 aromatic carbocycles. The minimum Gasteiger partial charge on any atom is -0.493 e. The van der Waals surface area contributed by atoms with E-state index in [1.807, 2.05) is 55.5 Å². The number of pyridine rings is 1. The monoisotopic (exact) mass is 335 g/mol. The largest absolute Gasteiger partial charge is 0.493 e. The predicted octanol–water partition coefficient (Wildman–Crippen LogP) is 4.82. The van der Waals surface area contributed by atoms with Crippen molar-refractivity contribution in [1.82, 2.24) is 4.98 Å². The SMILES string of the molecule is CCOc1c(OC)cc(C=Cc2ccc3ccccc3n2)cc1OC. The molecule has 0 aliphatic rings. The van der Waals surface area contributed by atoms with E-state index < -0.39 is 0 Å². The second kappa shape index (κ2) is 7.71. The molecule has 0 bridgehead atoms. The molecule has 3 rings (SSSR count). The number of rotatable bonds is 6. The maximum absolute atomic E-state index is 5.63. The van der Waals surface area contributed by atoms with E-state index >= 15 is 0 Å². The third-order valence-corrected chi connectivity index (χ3v) is 3.84. The highest BCUT2D eigenvalue weighted by molar-refractivity contribution is 5.81. The molecule has 1 heterocycles. The molecule has 0 aliphatic carbocycles. The first-order chi connectivity index (χ1) is 12.2.